The van der Waals surface area contributed by atoms with E-state index in [4.69, 9.17) is 0 Å². The van der Waals surface area contributed by atoms with Gasteiger partial charge in [-0.25, -0.2) is 0 Å². The largest absolute Gasteiger partial charge is 0.358 e. The fourth-order valence-electron chi connectivity index (χ4n) is 3.75. The molecule has 5 aromatic rings. The van der Waals surface area contributed by atoms with Crippen LogP contribution in [0.2, 0.25) is 0 Å². The third-order valence-electron chi connectivity index (χ3n) is 5.13. The molecule has 0 unspecified atom stereocenters. The van der Waals surface area contributed by atoms with Gasteiger partial charge in [0.05, 0.1) is 5.75 Å². The number of carbonyl (C=O) groups excluding carboxylic acids is 1. The molecule has 5 nitrogen and oxygen atoms in total. The molecule has 31 heavy (non-hydrogen) atoms. The molecule has 0 atom stereocenters. The normalized spacial score (nSPS) is 11.3. The van der Waals surface area contributed by atoms with Crippen LogP contribution in [-0.4, -0.2) is 31.3 Å². The number of H-pyrrole nitrogens is 1. The topological polar surface area (TPSA) is 63.6 Å². The SMILES string of the molecule is Cc1[nH]c2ccccc2c1C(=O)CSc1nnc(Cc2cccs2)n1-c1ccccc1. The fraction of sp³-hybridized carbons (Fsp3) is 0.125. The van der Waals surface area contributed by atoms with Crippen molar-refractivity contribution in [3.05, 3.63) is 94.1 Å². The number of Topliss-reactive ketones (excluding diaryl/α,β-unsaturated/α-hetero) is 1. The number of aromatic nitrogens is 4. The molecule has 5 rings (SSSR count). The number of aryl methyl sites for hydroxylation is 1. The van der Waals surface area contributed by atoms with Crippen molar-refractivity contribution in [1.29, 1.82) is 0 Å². The molecule has 0 aliphatic carbocycles. The second kappa shape index (κ2) is 8.53. The average molecular weight is 445 g/mol. The molecule has 3 heterocycles. The van der Waals surface area contributed by atoms with Crippen LogP contribution >= 0.6 is 23.1 Å². The van der Waals surface area contributed by atoms with E-state index in [9.17, 15) is 4.79 Å². The Morgan fingerprint density at radius 2 is 1.84 bits per heavy atom. The van der Waals surface area contributed by atoms with E-state index >= 15 is 0 Å². The molecule has 7 heteroatoms. The van der Waals surface area contributed by atoms with Crippen LogP contribution in [-0.2, 0) is 6.42 Å². The first-order valence-electron chi connectivity index (χ1n) is 9.96. The van der Waals surface area contributed by atoms with Crippen LogP contribution in [0.3, 0.4) is 0 Å². The van der Waals surface area contributed by atoms with Crippen molar-refractivity contribution in [2.75, 3.05) is 5.75 Å². The maximum atomic E-state index is 13.1. The van der Waals surface area contributed by atoms with Gasteiger partial charge in [0.25, 0.3) is 0 Å². The Hall–Kier alpha value is -3.16. The number of para-hydroxylation sites is 2. The van der Waals surface area contributed by atoms with E-state index in [0.717, 1.165) is 38.8 Å². The third-order valence-corrected chi connectivity index (χ3v) is 6.94. The monoisotopic (exact) mass is 444 g/mol. The molecule has 0 amide bonds. The first kappa shape index (κ1) is 19.8. The maximum absolute atomic E-state index is 13.1. The summed E-state index contributed by atoms with van der Waals surface area (Å²) >= 11 is 3.13. The second-order valence-electron chi connectivity index (χ2n) is 7.21. The van der Waals surface area contributed by atoms with Gasteiger partial charge in [-0.1, -0.05) is 54.2 Å². The number of hydrogen-bond donors (Lipinski definition) is 1. The van der Waals surface area contributed by atoms with Crippen molar-refractivity contribution in [2.45, 2.75) is 18.5 Å². The summed E-state index contributed by atoms with van der Waals surface area (Å²) < 4.78 is 2.06. The van der Waals surface area contributed by atoms with Crippen molar-refractivity contribution in [2.24, 2.45) is 0 Å². The van der Waals surface area contributed by atoms with E-state index < -0.39 is 0 Å². The van der Waals surface area contributed by atoms with E-state index in [1.54, 1.807) is 11.3 Å². The molecule has 0 fully saturated rings. The first-order chi connectivity index (χ1) is 15.2. The highest BCUT2D eigenvalue weighted by atomic mass is 32.2. The average Bonchev–Trinajstić information content (AvgIpc) is 3.51. The molecule has 0 saturated carbocycles. The molecular formula is C24H20N4OS2. The second-order valence-corrected chi connectivity index (χ2v) is 9.18. The van der Waals surface area contributed by atoms with E-state index in [1.807, 2.05) is 67.6 Å². The number of aromatic amines is 1. The summed E-state index contributed by atoms with van der Waals surface area (Å²) in [6.07, 6.45) is 0.704. The Bertz CT molecular complexity index is 1340. The lowest BCUT2D eigenvalue weighted by Crippen LogP contribution is -2.07. The third kappa shape index (κ3) is 3.94. The molecule has 3 aromatic heterocycles. The van der Waals surface area contributed by atoms with Crippen molar-refractivity contribution in [3.8, 4) is 5.69 Å². The highest BCUT2D eigenvalue weighted by molar-refractivity contribution is 7.99. The molecule has 154 valence electrons. The predicted molar refractivity (Wildman–Crippen MR) is 127 cm³/mol. The van der Waals surface area contributed by atoms with Crippen LogP contribution < -0.4 is 0 Å². The molecule has 0 spiro atoms. The van der Waals surface area contributed by atoms with Crippen LogP contribution in [0.15, 0.2) is 77.3 Å². The van der Waals surface area contributed by atoms with Gasteiger partial charge in [0, 0.05) is 39.1 Å². The van der Waals surface area contributed by atoms with Crippen molar-refractivity contribution >= 4 is 39.8 Å². The molecule has 0 saturated heterocycles. The fourth-order valence-corrected chi connectivity index (χ4v) is 5.30. The van der Waals surface area contributed by atoms with Crippen molar-refractivity contribution < 1.29 is 4.79 Å². The van der Waals surface area contributed by atoms with Gasteiger partial charge in [-0.2, -0.15) is 0 Å². The van der Waals surface area contributed by atoms with Gasteiger partial charge in [-0.3, -0.25) is 9.36 Å². The van der Waals surface area contributed by atoms with Gasteiger partial charge in [-0.05, 0) is 36.6 Å². The Morgan fingerprint density at radius 3 is 2.65 bits per heavy atom. The van der Waals surface area contributed by atoms with Crippen LogP contribution in [0.5, 0.6) is 0 Å². The number of fused-ring (bicyclic) bond motifs is 1. The quantitative estimate of drug-likeness (QED) is 0.259. The summed E-state index contributed by atoms with van der Waals surface area (Å²) in [7, 11) is 0. The minimum atomic E-state index is 0.0855. The smallest absolute Gasteiger partial charge is 0.196 e. The summed E-state index contributed by atoms with van der Waals surface area (Å²) in [5.74, 6) is 1.25. The van der Waals surface area contributed by atoms with Crippen molar-refractivity contribution in [1.82, 2.24) is 19.7 Å². The lowest BCUT2D eigenvalue weighted by Gasteiger charge is -2.09. The molecule has 1 N–H and O–H groups in total. The van der Waals surface area contributed by atoms with E-state index in [1.165, 1.54) is 16.6 Å². The highest BCUT2D eigenvalue weighted by Gasteiger charge is 2.20. The minimum absolute atomic E-state index is 0.0855. The van der Waals surface area contributed by atoms with Gasteiger partial charge in [0.1, 0.15) is 5.82 Å². The zero-order valence-electron chi connectivity index (χ0n) is 16.9. The standard InChI is InChI=1S/C24H20N4OS2/c1-16-23(19-11-5-6-12-20(19)25-16)21(29)15-31-24-27-26-22(14-18-10-7-13-30-18)28(24)17-8-3-2-4-9-17/h2-13,25H,14-15H2,1H3. The predicted octanol–water partition coefficient (Wildman–Crippen LogP) is 5.68. The van der Waals surface area contributed by atoms with Crippen LogP contribution in [0.25, 0.3) is 16.6 Å². The van der Waals surface area contributed by atoms with E-state index in [2.05, 4.69) is 31.2 Å². The Balaban J connectivity index is 1.44. The summed E-state index contributed by atoms with van der Waals surface area (Å²) in [6, 6.07) is 22.1. The first-order valence-corrected chi connectivity index (χ1v) is 11.8. The summed E-state index contributed by atoms with van der Waals surface area (Å²) in [5, 5.41) is 12.6. The number of nitrogens with zero attached hydrogens (tertiary/aromatic N) is 3. The van der Waals surface area contributed by atoms with E-state index in [0.29, 0.717) is 12.2 Å². The summed E-state index contributed by atoms with van der Waals surface area (Å²) in [5.41, 5.74) is 3.64. The molecule has 0 radical (unpaired) electrons. The lowest BCUT2D eigenvalue weighted by atomic mass is 10.1. The number of carbonyl (C=O) groups is 1. The lowest BCUT2D eigenvalue weighted by molar-refractivity contribution is 0.102. The zero-order valence-corrected chi connectivity index (χ0v) is 18.5. The molecule has 0 aliphatic rings. The Labute approximate surface area is 188 Å². The van der Waals surface area contributed by atoms with E-state index in [-0.39, 0.29) is 5.78 Å². The van der Waals surface area contributed by atoms with Gasteiger partial charge in [-0.15, -0.1) is 21.5 Å². The number of ketones is 1. The van der Waals surface area contributed by atoms with Gasteiger partial charge < -0.3 is 4.98 Å². The molecular weight excluding hydrogens is 424 g/mol. The molecule has 0 bridgehead atoms. The minimum Gasteiger partial charge on any atom is -0.358 e. The number of benzene rings is 2. The van der Waals surface area contributed by atoms with Crippen molar-refractivity contribution in [3.63, 3.8) is 0 Å². The van der Waals surface area contributed by atoms with Crippen LogP contribution in [0.1, 0.15) is 26.8 Å². The summed E-state index contributed by atoms with van der Waals surface area (Å²) in [4.78, 5) is 17.7. The number of rotatable bonds is 7. The van der Waals surface area contributed by atoms with Gasteiger partial charge in [0.2, 0.25) is 0 Å². The molecule has 2 aromatic carbocycles. The highest BCUT2D eigenvalue weighted by Crippen LogP contribution is 2.28. The zero-order chi connectivity index (χ0) is 21.2. The molecule has 0 aliphatic heterocycles. The number of hydrogen-bond acceptors (Lipinski definition) is 5. The van der Waals surface area contributed by atoms with Crippen LogP contribution in [0, 0.1) is 6.92 Å². The summed E-state index contributed by atoms with van der Waals surface area (Å²) in [6.45, 7) is 1.95. The maximum Gasteiger partial charge on any atom is 0.196 e. The Kier molecular flexibility index (Phi) is 5.44. The number of thioether (sulfide) groups is 1. The van der Waals surface area contributed by atoms with Gasteiger partial charge >= 0.3 is 0 Å². The van der Waals surface area contributed by atoms with Gasteiger partial charge in [0.15, 0.2) is 10.9 Å². The number of thiophene rings is 1. The number of nitrogens with one attached hydrogen (secondary N) is 1. The Morgan fingerprint density at radius 1 is 1.03 bits per heavy atom. The van der Waals surface area contributed by atoms with Crippen LogP contribution in [0.4, 0.5) is 0 Å².